The molecule has 0 aromatic carbocycles. The summed E-state index contributed by atoms with van der Waals surface area (Å²) in [4.78, 5) is 0. The Balaban J connectivity index is 0.000000810. The number of nitrogens with one attached hydrogen (secondary N) is 1. The van der Waals surface area contributed by atoms with E-state index < -0.39 is 0 Å². The van der Waals surface area contributed by atoms with Gasteiger partial charge in [-0.1, -0.05) is 0 Å². The lowest BCUT2D eigenvalue weighted by molar-refractivity contribution is -0.00763. The van der Waals surface area contributed by atoms with Crippen molar-refractivity contribution in [3.8, 4) is 0 Å². The van der Waals surface area contributed by atoms with Crippen LogP contribution in [-0.2, 0) is 4.74 Å². The predicted octanol–water partition coefficient (Wildman–Crippen LogP) is -0.364. The average molecular weight is 168 g/mol. The van der Waals surface area contributed by atoms with Gasteiger partial charge < -0.3 is 15.2 Å². The number of aliphatic hydroxyl groups excluding tert-OH is 1. The molecule has 0 saturated carbocycles. The number of aliphatic hydroxyl groups is 1. The molecule has 1 saturated heterocycles. The van der Waals surface area contributed by atoms with Gasteiger partial charge in [0.05, 0.1) is 13.2 Å². The van der Waals surface area contributed by atoms with E-state index in [2.05, 4.69) is 5.32 Å². The molecule has 1 rings (SSSR count). The van der Waals surface area contributed by atoms with Crippen LogP contribution >= 0.6 is 12.4 Å². The Morgan fingerprint density at radius 3 is 2.30 bits per heavy atom. The Labute approximate surface area is 67.2 Å². The number of rotatable bonds is 3. The van der Waals surface area contributed by atoms with Crippen LogP contribution in [-0.4, -0.2) is 38.5 Å². The molecule has 1 aliphatic rings. The highest BCUT2D eigenvalue weighted by Crippen LogP contribution is 2.20. The molecule has 0 aromatic heterocycles. The maximum Gasteiger partial charge on any atom is 0.0565 e. The Bertz CT molecular complexity index is 90.2. The first-order valence-electron chi connectivity index (χ1n) is 3.13. The van der Waals surface area contributed by atoms with Crippen molar-refractivity contribution in [3.63, 3.8) is 0 Å². The average Bonchev–Trinajstić information content (AvgIpc) is 1.79. The SMILES string of the molecule is COCC1(CO)CNC1.Cl. The quantitative estimate of drug-likeness (QED) is 0.603. The summed E-state index contributed by atoms with van der Waals surface area (Å²) in [6.45, 7) is 2.67. The molecule has 0 spiro atoms. The molecule has 0 atom stereocenters. The van der Waals surface area contributed by atoms with Crippen molar-refractivity contribution in [3.05, 3.63) is 0 Å². The lowest BCUT2D eigenvalue weighted by Crippen LogP contribution is -2.58. The van der Waals surface area contributed by atoms with Crippen LogP contribution in [0.4, 0.5) is 0 Å². The summed E-state index contributed by atoms with van der Waals surface area (Å²) >= 11 is 0. The molecular weight excluding hydrogens is 154 g/mol. The van der Waals surface area contributed by atoms with Crippen LogP contribution in [0.2, 0.25) is 0 Å². The fourth-order valence-corrected chi connectivity index (χ4v) is 1.04. The summed E-state index contributed by atoms with van der Waals surface area (Å²) < 4.78 is 4.94. The van der Waals surface area contributed by atoms with Crippen LogP contribution in [0.3, 0.4) is 0 Å². The van der Waals surface area contributed by atoms with E-state index in [4.69, 9.17) is 9.84 Å². The van der Waals surface area contributed by atoms with Gasteiger partial charge in [0.1, 0.15) is 0 Å². The van der Waals surface area contributed by atoms with Crippen molar-refractivity contribution < 1.29 is 9.84 Å². The van der Waals surface area contributed by atoms with Crippen LogP contribution in [0.5, 0.6) is 0 Å². The van der Waals surface area contributed by atoms with E-state index in [1.807, 2.05) is 0 Å². The zero-order chi connectivity index (χ0) is 6.74. The maximum absolute atomic E-state index is 8.85. The molecule has 0 aromatic rings. The summed E-state index contributed by atoms with van der Waals surface area (Å²) in [6, 6.07) is 0. The second-order valence-electron chi connectivity index (χ2n) is 2.69. The molecule has 0 bridgehead atoms. The van der Waals surface area contributed by atoms with E-state index in [1.165, 1.54) is 0 Å². The molecule has 2 N–H and O–H groups in total. The molecule has 0 aliphatic carbocycles. The highest BCUT2D eigenvalue weighted by molar-refractivity contribution is 5.85. The zero-order valence-electron chi connectivity index (χ0n) is 6.09. The zero-order valence-corrected chi connectivity index (χ0v) is 6.91. The van der Waals surface area contributed by atoms with E-state index in [0.717, 1.165) is 13.1 Å². The first-order valence-corrected chi connectivity index (χ1v) is 3.13. The van der Waals surface area contributed by atoms with E-state index in [0.29, 0.717) is 6.61 Å². The molecule has 62 valence electrons. The maximum atomic E-state index is 8.85. The van der Waals surface area contributed by atoms with E-state index >= 15 is 0 Å². The second-order valence-corrected chi connectivity index (χ2v) is 2.69. The number of hydrogen-bond acceptors (Lipinski definition) is 3. The van der Waals surface area contributed by atoms with Crippen LogP contribution in [0, 0.1) is 5.41 Å². The molecule has 0 unspecified atom stereocenters. The van der Waals surface area contributed by atoms with Gasteiger partial charge in [0, 0.05) is 25.6 Å². The third-order valence-electron chi connectivity index (χ3n) is 1.79. The molecule has 0 radical (unpaired) electrons. The third kappa shape index (κ3) is 1.83. The lowest BCUT2D eigenvalue weighted by atomic mass is 9.84. The van der Waals surface area contributed by atoms with Crippen molar-refractivity contribution in [1.29, 1.82) is 0 Å². The molecule has 4 heteroatoms. The van der Waals surface area contributed by atoms with Gasteiger partial charge in [0.2, 0.25) is 0 Å². The molecule has 10 heavy (non-hydrogen) atoms. The van der Waals surface area contributed by atoms with E-state index in [9.17, 15) is 0 Å². The second kappa shape index (κ2) is 4.13. The molecule has 1 heterocycles. The topological polar surface area (TPSA) is 41.5 Å². The van der Waals surface area contributed by atoms with Gasteiger partial charge in [-0.15, -0.1) is 12.4 Å². The number of ether oxygens (including phenoxy) is 1. The highest BCUT2D eigenvalue weighted by Gasteiger charge is 2.35. The fourth-order valence-electron chi connectivity index (χ4n) is 1.04. The van der Waals surface area contributed by atoms with Crippen LogP contribution in [0.1, 0.15) is 0 Å². The minimum atomic E-state index is 0. The Morgan fingerprint density at radius 1 is 1.60 bits per heavy atom. The van der Waals surface area contributed by atoms with Gasteiger partial charge in [-0.25, -0.2) is 0 Å². The largest absolute Gasteiger partial charge is 0.396 e. The number of hydrogen-bond donors (Lipinski definition) is 2. The first-order chi connectivity index (χ1) is 4.33. The van der Waals surface area contributed by atoms with Gasteiger partial charge in [0.25, 0.3) is 0 Å². The minimum absolute atomic E-state index is 0. The summed E-state index contributed by atoms with van der Waals surface area (Å²) in [5.41, 5.74) is 0.0365. The highest BCUT2D eigenvalue weighted by atomic mass is 35.5. The van der Waals surface area contributed by atoms with Gasteiger partial charge in [0.15, 0.2) is 0 Å². The molecule has 1 fully saturated rings. The van der Waals surface area contributed by atoms with Crippen LogP contribution in [0.25, 0.3) is 0 Å². The third-order valence-corrected chi connectivity index (χ3v) is 1.79. The Hall–Kier alpha value is 0.170. The first kappa shape index (κ1) is 10.2. The van der Waals surface area contributed by atoms with Crippen molar-refractivity contribution in [1.82, 2.24) is 5.32 Å². The smallest absolute Gasteiger partial charge is 0.0565 e. The molecule has 1 aliphatic heterocycles. The van der Waals surface area contributed by atoms with Gasteiger partial charge in [-0.05, 0) is 0 Å². The van der Waals surface area contributed by atoms with Gasteiger partial charge in [-0.3, -0.25) is 0 Å². The summed E-state index contributed by atoms with van der Waals surface area (Å²) in [5.74, 6) is 0. The van der Waals surface area contributed by atoms with Crippen molar-refractivity contribution in [2.75, 3.05) is 33.4 Å². The monoisotopic (exact) mass is 167 g/mol. The van der Waals surface area contributed by atoms with Crippen molar-refractivity contribution >= 4 is 12.4 Å². The number of methoxy groups -OCH3 is 1. The summed E-state index contributed by atoms with van der Waals surface area (Å²) in [5, 5.41) is 11.9. The molecule has 0 amide bonds. The molecule has 3 nitrogen and oxygen atoms in total. The lowest BCUT2D eigenvalue weighted by Gasteiger charge is -2.40. The van der Waals surface area contributed by atoms with Crippen molar-refractivity contribution in [2.45, 2.75) is 0 Å². The normalized spacial score (nSPS) is 21.0. The van der Waals surface area contributed by atoms with E-state index in [1.54, 1.807) is 7.11 Å². The van der Waals surface area contributed by atoms with Gasteiger partial charge in [-0.2, -0.15) is 0 Å². The number of halogens is 1. The predicted molar refractivity (Wildman–Crippen MR) is 41.5 cm³/mol. The standard InChI is InChI=1S/C6H13NO2.ClH/c1-9-5-6(4-8)2-7-3-6;/h7-8H,2-5H2,1H3;1H. The van der Waals surface area contributed by atoms with Crippen LogP contribution in [0.15, 0.2) is 0 Å². The van der Waals surface area contributed by atoms with Crippen LogP contribution < -0.4 is 5.32 Å². The van der Waals surface area contributed by atoms with Crippen molar-refractivity contribution in [2.24, 2.45) is 5.41 Å². The van der Waals surface area contributed by atoms with E-state index in [-0.39, 0.29) is 24.4 Å². The fraction of sp³-hybridized carbons (Fsp3) is 1.00. The van der Waals surface area contributed by atoms with Gasteiger partial charge >= 0.3 is 0 Å². The minimum Gasteiger partial charge on any atom is -0.396 e. The molecular formula is C6H14ClNO2. The Kier molecular flexibility index (Phi) is 4.20. The Morgan fingerprint density at radius 2 is 2.20 bits per heavy atom. The summed E-state index contributed by atoms with van der Waals surface area (Å²) in [7, 11) is 1.66. The summed E-state index contributed by atoms with van der Waals surface area (Å²) in [6.07, 6.45) is 0.